The van der Waals surface area contributed by atoms with E-state index in [1.54, 1.807) is 0 Å². The second-order valence-electron chi connectivity index (χ2n) is 2.78. The van der Waals surface area contributed by atoms with E-state index < -0.39 is 17.2 Å². The van der Waals surface area contributed by atoms with Gasteiger partial charge in [-0.25, -0.2) is 4.79 Å². The van der Waals surface area contributed by atoms with Crippen molar-refractivity contribution in [2.75, 3.05) is 0 Å². The molecular weight excluding hydrogens is 200 g/mol. The first-order chi connectivity index (χ1) is 7.06. The Kier molecular flexibility index (Phi) is 3.03. The van der Waals surface area contributed by atoms with E-state index in [1.165, 1.54) is 25.5 Å². The summed E-state index contributed by atoms with van der Waals surface area (Å²) in [5.74, 6) is -0.613. The third-order valence-electron chi connectivity index (χ3n) is 1.77. The summed E-state index contributed by atoms with van der Waals surface area (Å²) in [6, 6.07) is 1.17. The highest BCUT2D eigenvalue weighted by molar-refractivity contribution is 5.77. The Morgan fingerprint density at radius 2 is 2.27 bits per heavy atom. The topological polar surface area (TPSA) is 96.9 Å². The first-order valence-electron chi connectivity index (χ1n) is 4.00. The van der Waals surface area contributed by atoms with E-state index in [0.29, 0.717) is 0 Å². The van der Waals surface area contributed by atoms with E-state index >= 15 is 0 Å². The smallest absolute Gasteiger partial charge is 0.291 e. The molecule has 0 bridgehead atoms. The van der Waals surface area contributed by atoms with Crippen LogP contribution in [0, 0.1) is 11.5 Å². The second kappa shape index (κ2) is 4.23. The second-order valence-corrected chi connectivity index (χ2v) is 2.78. The molecule has 0 aliphatic rings. The maximum Gasteiger partial charge on any atom is 0.331 e. The lowest BCUT2D eigenvalue weighted by Crippen LogP contribution is -2.39. The van der Waals surface area contributed by atoms with Gasteiger partial charge in [-0.1, -0.05) is 0 Å². The van der Waals surface area contributed by atoms with Crippen LogP contribution in [0.1, 0.15) is 0 Å². The van der Waals surface area contributed by atoms with Crippen LogP contribution in [0.2, 0.25) is 0 Å². The number of hydrogen-bond acceptors (Lipinski definition) is 4. The zero-order valence-electron chi connectivity index (χ0n) is 7.93. The Balaban J connectivity index is 3.04. The Morgan fingerprint density at radius 3 is 2.87 bits per heavy atom. The van der Waals surface area contributed by atoms with Crippen molar-refractivity contribution in [1.29, 1.82) is 5.26 Å². The average molecular weight is 208 g/mol. The normalized spacial score (nSPS) is 9.33. The standard InChI is InChI=1S/C8H8N4O3/c1-11-7(14)2-3-12(8(11)15)4-6(13)10-5-9/h2-3H,4H2,1H3,(H,10,13). The van der Waals surface area contributed by atoms with Crippen LogP contribution in [0.5, 0.6) is 0 Å². The molecule has 0 aromatic carbocycles. The van der Waals surface area contributed by atoms with E-state index in [9.17, 15) is 14.4 Å². The highest BCUT2D eigenvalue weighted by Crippen LogP contribution is 1.78. The van der Waals surface area contributed by atoms with Crippen LogP contribution >= 0.6 is 0 Å². The Morgan fingerprint density at radius 1 is 1.60 bits per heavy atom. The molecule has 0 fully saturated rings. The van der Waals surface area contributed by atoms with Gasteiger partial charge in [-0.3, -0.25) is 24.0 Å². The summed E-state index contributed by atoms with van der Waals surface area (Å²) in [7, 11) is 1.31. The summed E-state index contributed by atoms with van der Waals surface area (Å²) in [5, 5.41) is 10.0. The summed E-state index contributed by atoms with van der Waals surface area (Å²) in [4.78, 5) is 33.4. The van der Waals surface area contributed by atoms with Gasteiger partial charge in [-0.05, 0) is 0 Å². The molecule has 15 heavy (non-hydrogen) atoms. The molecule has 1 aromatic heterocycles. The summed E-state index contributed by atoms with van der Waals surface area (Å²) in [6.45, 7) is -0.291. The quantitative estimate of drug-likeness (QED) is 0.455. The van der Waals surface area contributed by atoms with Crippen LogP contribution < -0.4 is 16.6 Å². The van der Waals surface area contributed by atoms with Gasteiger partial charge in [-0.2, -0.15) is 5.26 Å². The minimum Gasteiger partial charge on any atom is -0.291 e. The monoisotopic (exact) mass is 208 g/mol. The van der Waals surface area contributed by atoms with Crippen molar-refractivity contribution in [3.05, 3.63) is 33.1 Å². The van der Waals surface area contributed by atoms with E-state index in [-0.39, 0.29) is 6.54 Å². The molecule has 7 heteroatoms. The molecule has 1 amide bonds. The zero-order chi connectivity index (χ0) is 11.4. The van der Waals surface area contributed by atoms with Gasteiger partial charge >= 0.3 is 5.69 Å². The molecule has 0 atom stereocenters. The number of rotatable bonds is 2. The van der Waals surface area contributed by atoms with Crippen molar-refractivity contribution in [2.45, 2.75) is 6.54 Å². The number of hydrogen-bond donors (Lipinski definition) is 1. The summed E-state index contributed by atoms with van der Waals surface area (Å²) in [5.41, 5.74) is -1.05. The molecule has 7 nitrogen and oxygen atoms in total. The van der Waals surface area contributed by atoms with Crippen LogP contribution in [0.4, 0.5) is 0 Å². The van der Waals surface area contributed by atoms with Gasteiger partial charge in [-0.15, -0.1) is 0 Å². The third kappa shape index (κ3) is 2.31. The van der Waals surface area contributed by atoms with Crippen LogP contribution in [0.15, 0.2) is 21.9 Å². The number of amides is 1. The maximum atomic E-state index is 11.4. The Labute approximate surface area is 84.2 Å². The van der Waals surface area contributed by atoms with E-state index in [0.717, 1.165) is 9.13 Å². The van der Waals surface area contributed by atoms with Crippen molar-refractivity contribution in [3.63, 3.8) is 0 Å². The van der Waals surface area contributed by atoms with Crippen LogP contribution in [0.3, 0.4) is 0 Å². The van der Waals surface area contributed by atoms with Crippen molar-refractivity contribution >= 4 is 5.91 Å². The van der Waals surface area contributed by atoms with Crippen LogP contribution in [-0.4, -0.2) is 15.0 Å². The van der Waals surface area contributed by atoms with Crippen molar-refractivity contribution in [3.8, 4) is 6.19 Å². The number of carbonyl (C=O) groups excluding carboxylic acids is 1. The highest BCUT2D eigenvalue weighted by atomic mass is 16.2. The SMILES string of the molecule is Cn1c(=O)ccn(CC(=O)NC#N)c1=O. The molecule has 0 aliphatic heterocycles. The minimum atomic E-state index is -0.613. The fourth-order valence-corrected chi connectivity index (χ4v) is 0.993. The molecule has 0 aliphatic carbocycles. The number of aromatic nitrogens is 2. The lowest BCUT2D eigenvalue weighted by Gasteiger charge is -2.04. The lowest BCUT2D eigenvalue weighted by atomic mass is 10.5. The number of nitriles is 1. The molecule has 1 heterocycles. The third-order valence-corrected chi connectivity index (χ3v) is 1.77. The molecule has 1 rings (SSSR count). The molecule has 0 radical (unpaired) electrons. The fraction of sp³-hybridized carbons (Fsp3) is 0.250. The van der Waals surface area contributed by atoms with Gasteiger partial charge in [0.2, 0.25) is 0 Å². The van der Waals surface area contributed by atoms with Gasteiger partial charge in [0, 0.05) is 19.3 Å². The number of nitrogens with zero attached hydrogens (tertiary/aromatic N) is 3. The van der Waals surface area contributed by atoms with Gasteiger partial charge in [0.15, 0.2) is 6.19 Å². The van der Waals surface area contributed by atoms with Gasteiger partial charge in [0.25, 0.3) is 11.5 Å². The minimum absolute atomic E-state index is 0.291. The van der Waals surface area contributed by atoms with E-state index in [4.69, 9.17) is 5.26 Å². The van der Waals surface area contributed by atoms with Crippen LogP contribution in [-0.2, 0) is 18.4 Å². The summed E-state index contributed by atoms with van der Waals surface area (Å²) in [6.07, 6.45) is 2.66. The molecule has 0 spiro atoms. The summed E-state index contributed by atoms with van der Waals surface area (Å²) >= 11 is 0. The molecule has 78 valence electrons. The number of nitrogens with one attached hydrogen (secondary N) is 1. The fourth-order valence-electron chi connectivity index (χ4n) is 0.993. The van der Waals surface area contributed by atoms with Crippen molar-refractivity contribution < 1.29 is 4.79 Å². The van der Waals surface area contributed by atoms with Crippen molar-refractivity contribution in [1.82, 2.24) is 14.5 Å². The Hall–Kier alpha value is -2.36. The van der Waals surface area contributed by atoms with Gasteiger partial charge in [0.1, 0.15) is 6.54 Å². The molecule has 0 saturated carbocycles. The number of carbonyl (C=O) groups is 1. The van der Waals surface area contributed by atoms with Gasteiger partial charge < -0.3 is 0 Å². The molecule has 0 saturated heterocycles. The first kappa shape index (κ1) is 10.7. The largest absolute Gasteiger partial charge is 0.331 e. The zero-order valence-corrected chi connectivity index (χ0v) is 7.93. The summed E-state index contributed by atoms with van der Waals surface area (Å²) < 4.78 is 1.91. The predicted molar refractivity (Wildman–Crippen MR) is 49.7 cm³/mol. The molecular formula is C8H8N4O3. The lowest BCUT2D eigenvalue weighted by molar-refractivity contribution is -0.120. The van der Waals surface area contributed by atoms with E-state index in [2.05, 4.69) is 0 Å². The van der Waals surface area contributed by atoms with Crippen molar-refractivity contribution in [2.24, 2.45) is 7.05 Å². The molecule has 1 N–H and O–H groups in total. The maximum absolute atomic E-state index is 11.4. The Bertz CT molecular complexity index is 534. The highest BCUT2D eigenvalue weighted by Gasteiger charge is 2.05. The average Bonchev–Trinajstić information content (AvgIpc) is 2.20. The van der Waals surface area contributed by atoms with Gasteiger partial charge in [0.05, 0.1) is 0 Å². The molecule has 0 unspecified atom stereocenters. The van der Waals surface area contributed by atoms with E-state index in [1.807, 2.05) is 5.32 Å². The molecule has 1 aromatic rings. The predicted octanol–water partition coefficient (Wildman–Crippen LogP) is -1.86. The van der Waals surface area contributed by atoms with Crippen LogP contribution in [0.25, 0.3) is 0 Å². The first-order valence-corrected chi connectivity index (χ1v) is 4.00.